The lowest BCUT2D eigenvalue weighted by atomic mass is 10.0. The molecule has 0 bridgehead atoms. The van der Waals surface area contributed by atoms with Gasteiger partial charge in [-0.15, -0.1) is 5.10 Å². The highest BCUT2D eigenvalue weighted by atomic mass is 19.1. The van der Waals surface area contributed by atoms with E-state index in [4.69, 9.17) is 0 Å². The van der Waals surface area contributed by atoms with Crippen LogP contribution in [-0.2, 0) is 0 Å². The quantitative estimate of drug-likeness (QED) is 0.377. The van der Waals surface area contributed by atoms with Gasteiger partial charge in [-0.1, -0.05) is 72.8 Å². The predicted molar refractivity (Wildman–Crippen MR) is 140 cm³/mol. The Labute approximate surface area is 211 Å². The van der Waals surface area contributed by atoms with Crippen LogP contribution >= 0.6 is 0 Å². The molecule has 0 amide bonds. The third kappa shape index (κ3) is 5.27. The number of para-hydroxylation sites is 1. The number of rotatable bonds is 7. The van der Waals surface area contributed by atoms with Crippen molar-refractivity contribution in [1.82, 2.24) is 30.0 Å². The van der Waals surface area contributed by atoms with E-state index in [2.05, 4.69) is 87.7 Å². The molecule has 184 valence electrons. The summed E-state index contributed by atoms with van der Waals surface area (Å²) in [6, 6.07) is 23.1. The van der Waals surface area contributed by atoms with Gasteiger partial charge in [0.25, 0.3) is 0 Å². The molecule has 1 fully saturated rings. The summed E-state index contributed by atoms with van der Waals surface area (Å²) in [4.78, 5) is 4.80. The van der Waals surface area contributed by atoms with E-state index in [0.29, 0.717) is 5.82 Å². The van der Waals surface area contributed by atoms with Crippen molar-refractivity contribution in [1.29, 1.82) is 0 Å². The molecule has 0 N–H and O–H groups in total. The molecular weight excluding hydrogens is 451 g/mol. The molecule has 0 radical (unpaired) electrons. The summed E-state index contributed by atoms with van der Waals surface area (Å²) in [6.45, 7) is 8.51. The fourth-order valence-corrected chi connectivity index (χ4v) is 4.97. The van der Waals surface area contributed by atoms with Crippen molar-refractivity contribution in [3.05, 3.63) is 113 Å². The number of halogens is 1. The molecule has 5 rings (SSSR count). The maximum Gasteiger partial charge on any atom is 0.178 e. The minimum absolute atomic E-state index is 0.253. The second-order valence-corrected chi connectivity index (χ2v) is 9.30. The van der Waals surface area contributed by atoms with E-state index in [1.54, 1.807) is 12.1 Å². The summed E-state index contributed by atoms with van der Waals surface area (Å²) in [5.74, 6) is 0.448. The standard InChI is InChI=1S/C29H31FN6/c1-22-9-6-10-23(2)27(22)36-29(31-32-33-36)28(25-14-7-15-26(30)21-25)35-19-17-34(18-20-35)16-8-13-24-11-4-3-5-12-24/h3-15,21,28H,16-20H2,1-2H3/t28-/m0/s1. The summed E-state index contributed by atoms with van der Waals surface area (Å²) >= 11 is 0. The molecule has 1 aromatic heterocycles. The summed E-state index contributed by atoms with van der Waals surface area (Å²) in [5.41, 5.74) is 5.23. The molecule has 7 heteroatoms. The van der Waals surface area contributed by atoms with Crippen LogP contribution in [0.15, 0.2) is 78.9 Å². The minimum atomic E-state index is -0.256. The Kier molecular flexibility index (Phi) is 7.30. The zero-order valence-electron chi connectivity index (χ0n) is 20.8. The fourth-order valence-electron chi connectivity index (χ4n) is 4.97. The third-order valence-corrected chi connectivity index (χ3v) is 6.80. The van der Waals surface area contributed by atoms with Crippen molar-refractivity contribution in [3.63, 3.8) is 0 Å². The first-order valence-electron chi connectivity index (χ1n) is 12.4. The fraction of sp³-hybridized carbons (Fsp3) is 0.276. The van der Waals surface area contributed by atoms with E-state index in [9.17, 15) is 4.39 Å². The van der Waals surface area contributed by atoms with Crippen LogP contribution in [0.5, 0.6) is 0 Å². The molecule has 0 spiro atoms. The molecule has 36 heavy (non-hydrogen) atoms. The SMILES string of the molecule is Cc1cccc(C)c1-n1nnnc1[C@H](c1cccc(F)c1)N1CCN(CC=Cc2ccccc2)CC1. The number of tetrazole rings is 1. The van der Waals surface area contributed by atoms with Crippen molar-refractivity contribution in [2.75, 3.05) is 32.7 Å². The molecule has 3 aromatic carbocycles. The third-order valence-electron chi connectivity index (χ3n) is 6.80. The van der Waals surface area contributed by atoms with Gasteiger partial charge in [-0.2, -0.15) is 4.68 Å². The Morgan fingerprint density at radius 3 is 2.33 bits per heavy atom. The first kappa shape index (κ1) is 24.0. The van der Waals surface area contributed by atoms with E-state index in [0.717, 1.165) is 55.1 Å². The van der Waals surface area contributed by atoms with Crippen LogP contribution in [0.25, 0.3) is 11.8 Å². The molecule has 1 saturated heterocycles. The molecule has 1 aliphatic heterocycles. The van der Waals surface area contributed by atoms with E-state index < -0.39 is 0 Å². The van der Waals surface area contributed by atoms with E-state index in [1.807, 2.05) is 22.9 Å². The lowest BCUT2D eigenvalue weighted by molar-refractivity contribution is 0.113. The molecule has 6 nitrogen and oxygen atoms in total. The smallest absolute Gasteiger partial charge is 0.178 e. The minimum Gasteiger partial charge on any atom is -0.297 e. The summed E-state index contributed by atoms with van der Waals surface area (Å²) in [7, 11) is 0. The molecule has 0 saturated carbocycles. The first-order valence-corrected chi connectivity index (χ1v) is 12.4. The van der Waals surface area contributed by atoms with Crippen molar-refractivity contribution in [2.45, 2.75) is 19.9 Å². The van der Waals surface area contributed by atoms with Crippen LogP contribution in [0.3, 0.4) is 0 Å². The van der Waals surface area contributed by atoms with Crippen LogP contribution in [0.4, 0.5) is 4.39 Å². The Morgan fingerprint density at radius 2 is 1.61 bits per heavy atom. The van der Waals surface area contributed by atoms with Crippen molar-refractivity contribution >= 4 is 6.08 Å². The average Bonchev–Trinajstić information content (AvgIpc) is 3.34. The number of hydrogen-bond donors (Lipinski definition) is 0. The average molecular weight is 483 g/mol. The number of benzene rings is 3. The van der Waals surface area contributed by atoms with Gasteiger partial charge < -0.3 is 0 Å². The molecule has 1 atom stereocenters. The number of nitrogens with zero attached hydrogens (tertiary/aromatic N) is 6. The van der Waals surface area contributed by atoms with E-state index in [1.165, 1.54) is 11.6 Å². The Hall–Kier alpha value is -3.68. The van der Waals surface area contributed by atoms with Crippen molar-refractivity contribution in [3.8, 4) is 5.69 Å². The van der Waals surface area contributed by atoms with Crippen molar-refractivity contribution in [2.24, 2.45) is 0 Å². The van der Waals surface area contributed by atoms with Gasteiger partial charge in [-0.3, -0.25) is 9.80 Å². The molecule has 1 aliphatic rings. The monoisotopic (exact) mass is 482 g/mol. The van der Waals surface area contributed by atoms with Crippen LogP contribution in [0.1, 0.15) is 34.1 Å². The van der Waals surface area contributed by atoms with Gasteiger partial charge in [0.15, 0.2) is 5.82 Å². The number of aryl methyl sites for hydroxylation is 2. The van der Waals surface area contributed by atoms with E-state index >= 15 is 0 Å². The first-order chi connectivity index (χ1) is 17.6. The summed E-state index contributed by atoms with van der Waals surface area (Å²) < 4.78 is 16.2. The van der Waals surface area contributed by atoms with Gasteiger partial charge in [0.05, 0.1) is 11.7 Å². The number of piperazine rings is 1. The zero-order chi connectivity index (χ0) is 24.9. The van der Waals surface area contributed by atoms with Crippen LogP contribution in [0.2, 0.25) is 0 Å². The molecule has 0 unspecified atom stereocenters. The van der Waals surface area contributed by atoms with Crippen LogP contribution in [-0.4, -0.2) is 62.7 Å². The van der Waals surface area contributed by atoms with Crippen LogP contribution < -0.4 is 0 Å². The normalized spacial score (nSPS) is 16.0. The van der Waals surface area contributed by atoms with Gasteiger partial charge in [0.1, 0.15) is 5.82 Å². The zero-order valence-corrected chi connectivity index (χ0v) is 20.8. The lowest BCUT2D eigenvalue weighted by Gasteiger charge is -2.38. The highest BCUT2D eigenvalue weighted by Crippen LogP contribution is 2.31. The predicted octanol–water partition coefficient (Wildman–Crippen LogP) is 4.84. The molecule has 2 heterocycles. The Bertz CT molecular complexity index is 1300. The van der Waals surface area contributed by atoms with Gasteiger partial charge in [-0.25, -0.2) is 4.39 Å². The maximum absolute atomic E-state index is 14.3. The summed E-state index contributed by atoms with van der Waals surface area (Å²) in [6.07, 6.45) is 4.39. The van der Waals surface area contributed by atoms with Gasteiger partial charge in [0, 0.05) is 32.7 Å². The van der Waals surface area contributed by atoms with Gasteiger partial charge >= 0.3 is 0 Å². The second-order valence-electron chi connectivity index (χ2n) is 9.30. The lowest BCUT2D eigenvalue weighted by Crippen LogP contribution is -2.48. The number of hydrogen-bond acceptors (Lipinski definition) is 5. The van der Waals surface area contributed by atoms with Crippen LogP contribution in [0, 0.1) is 19.7 Å². The topological polar surface area (TPSA) is 50.1 Å². The molecule has 4 aromatic rings. The van der Waals surface area contributed by atoms with Crippen molar-refractivity contribution < 1.29 is 4.39 Å². The van der Waals surface area contributed by atoms with Gasteiger partial charge in [-0.05, 0) is 58.7 Å². The highest BCUT2D eigenvalue weighted by molar-refractivity contribution is 5.49. The second kappa shape index (κ2) is 10.9. The highest BCUT2D eigenvalue weighted by Gasteiger charge is 2.31. The Morgan fingerprint density at radius 1 is 0.889 bits per heavy atom. The largest absolute Gasteiger partial charge is 0.297 e. The Balaban J connectivity index is 1.39. The maximum atomic E-state index is 14.3. The number of aromatic nitrogens is 4. The summed E-state index contributed by atoms with van der Waals surface area (Å²) in [5, 5.41) is 12.9. The van der Waals surface area contributed by atoms with Gasteiger partial charge in [0.2, 0.25) is 0 Å². The van der Waals surface area contributed by atoms with E-state index in [-0.39, 0.29) is 11.9 Å². The molecular formula is C29H31FN6. The molecule has 0 aliphatic carbocycles.